The first-order valence-electron chi connectivity index (χ1n) is 9.17. The first kappa shape index (κ1) is 17.9. The summed E-state index contributed by atoms with van der Waals surface area (Å²) in [4.78, 5) is 0.112. The average Bonchev–Trinajstić information content (AvgIpc) is 2.55. The number of hydrogen-bond donors (Lipinski definition) is 2. The van der Waals surface area contributed by atoms with Gasteiger partial charge in [-0.15, -0.1) is 0 Å². The van der Waals surface area contributed by atoms with Gasteiger partial charge in [-0.05, 0) is 80.0 Å². The summed E-state index contributed by atoms with van der Waals surface area (Å²) in [6.07, 6.45) is 8.50. The summed E-state index contributed by atoms with van der Waals surface area (Å²) in [5.74, 6) is 0.504. The van der Waals surface area contributed by atoms with Crippen molar-refractivity contribution in [2.45, 2.75) is 87.5 Å². The Balaban J connectivity index is 2.11. The number of aliphatic hydroxyl groups is 1. The highest BCUT2D eigenvalue weighted by atomic mass is 32.2. The Hall–Kier alpha value is -0.910. The Labute approximate surface area is 145 Å². The van der Waals surface area contributed by atoms with Gasteiger partial charge in [0.2, 0.25) is 0 Å². The smallest absolute Gasteiger partial charge is 0.294 e. The van der Waals surface area contributed by atoms with Crippen molar-refractivity contribution in [3.05, 3.63) is 28.8 Å². The van der Waals surface area contributed by atoms with Crippen LogP contribution in [0.2, 0.25) is 0 Å². The maximum atomic E-state index is 12.0. The Kier molecular flexibility index (Phi) is 5.33. The van der Waals surface area contributed by atoms with Crippen LogP contribution in [0.4, 0.5) is 0 Å². The summed E-state index contributed by atoms with van der Waals surface area (Å²) in [6.45, 7) is 2.04. The lowest BCUT2D eigenvalue weighted by atomic mass is 9.74. The molecule has 4 nitrogen and oxygen atoms in total. The monoisotopic (exact) mass is 352 g/mol. The molecule has 134 valence electrons. The SMILES string of the molecule is Cc1ccc(S(=O)(=O)O)c(C2CCCCC2)c1C1CCC(O)CC1. The second-order valence-electron chi connectivity index (χ2n) is 7.52. The molecular weight excluding hydrogens is 324 g/mol. The molecule has 3 rings (SSSR count). The predicted molar refractivity (Wildman–Crippen MR) is 94.0 cm³/mol. The summed E-state index contributed by atoms with van der Waals surface area (Å²) in [5, 5.41) is 9.81. The summed E-state index contributed by atoms with van der Waals surface area (Å²) in [6, 6.07) is 3.41. The van der Waals surface area contributed by atoms with Crippen molar-refractivity contribution in [1.82, 2.24) is 0 Å². The molecule has 2 N–H and O–H groups in total. The second kappa shape index (κ2) is 7.14. The molecule has 5 heteroatoms. The van der Waals surface area contributed by atoms with Crippen LogP contribution in [0.5, 0.6) is 0 Å². The van der Waals surface area contributed by atoms with Gasteiger partial charge in [0.1, 0.15) is 0 Å². The van der Waals surface area contributed by atoms with E-state index in [1.807, 2.05) is 13.0 Å². The highest BCUT2D eigenvalue weighted by Gasteiger charge is 2.32. The fourth-order valence-corrected chi connectivity index (χ4v) is 5.46. The van der Waals surface area contributed by atoms with Crippen LogP contribution in [0, 0.1) is 6.92 Å². The van der Waals surface area contributed by atoms with Crippen LogP contribution in [0.1, 0.15) is 86.3 Å². The molecule has 0 atom stereocenters. The van der Waals surface area contributed by atoms with Crippen LogP contribution >= 0.6 is 0 Å². The van der Waals surface area contributed by atoms with Crippen LogP contribution in [0.15, 0.2) is 17.0 Å². The minimum atomic E-state index is -4.22. The normalized spacial score (nSPS) is 26.5. The molecule has 0 aromatic heterocycles. The third-order valence-corrected chi connectivity index (χ3v) is 6.77. The largest absolute Gasteiger partial charge is 0.393 e. The van der Waals surface area contributed by atoms with Crippen LogP contribution in [0.3, 0.4) is 0 Å². The standard InChI is InChI=1S/C19H28O4S/c1-13-7-12-17(24(21,22)23)19(14-5-3-2-4-6-14)18(13)15-8-10-16(20)11-9-15/h7,12,14-16,20H,2-6,8-11H2,1H3,(H,21,22,23). The zero-order chi connectivity index (χ0) is 17.3. The predicted octanol–water partition coefficient (Wildman–Crippen LogP) is 4.31. The van der Waals surface area contributed by atoms with Gasteiger partial charge >= 0.3 is 0 Å². The number of rotatable bonds is 3. The van der Waals surface area contributed by atoms with Gasteiger partial charge < -0.3 is 5.11 Å². The van der Waals surface area contributed by atoms with Crippen LogP contribution < -0.4 is 0 Å². The van der Waals surface area contributed by atoms with Gasteiger partial charge in [-0.3, -0.25) is 4.55 Å². The van der Waals surface area contributed by atoms with Gasteiger partial charge in [-0.2, -0.15) is 8.42 Å². The zero-order valence-corrected chi connectivity index (χ0v) is 15.2. The van der Waals surface area contributed by atoms with Gasteiger partial charge in [0.05, 0.1) is 11.0 Å². The van der Waals surface area contributed by atoms with E-state index in [1.54, 1.807) is 6.07 Å². The van der Waals surface area contributed by atoms with Crippen molar-refractivity contribution in [1.29, 1.82) is 0 Å². The molecule has 2 saturated carbocycles. The van der Waals surface area contributed by atoms with E-state index >= 15 is 0 Å². The van der Waals surface area contributed by atoms with Crippen molar-refractivity contribution in [3.8, 4) is 0 Å². The van der Waals surface area contributed by atoms with Crippen LogP contribution in [-0.2, 0) is 10.1 Å². The van der Waals surface area contributed by atoms with Gasteiger partial charge in [-0.1, -0.05) is 25.3 Å². The number of aliphatic hydroxyl groups excluding tert-OH is 1. The van der Waals surface area contributed by atoms with Crippen molar-refractivity contribution in [2.24, 2.45) is 0 Å². The molecule has 0 amide bonds. The van der Waals surface area contributed by atoms with E-state index in [4.69, 9.17) is 0 Å². The highest BCUT2D eigenvalue weighted by molar-refractivity contribution is 7.85. The lowest BCUT2D eigenvalue weighted by Gasteiger charge is -2.33. The Morgan fingerprint density at radius 1 is 0.875 bits per heavy atom. The number of aryl methyl sites for hydroxylation is 1. The van der Waals surface area contributed by atoms with Gasteiger partial charge in [-0.25, -0.2) is 0 Å². The third kappa shape index (κ3) is 3.68. The van der Waals surface area contributed by atoms with Crippen molar-refractivity contribution >= 4 is 10.1 Å². The van der Waals surface area contributed by atoms with Crippen LogP contribution in [-0.4, -0.2) is 24.2 Å². The minimum absolute atomic E-state index is 0.112. The molecule has 0 radical (unpaired) electrons. The lowest BCUT2D eigenvalue weighted by Crippen LogP contribution is -2.21. The van der Waals surface area contributed by atoms with E-state index in [0.29, 0.717) is 0 Å². The quantitative estimate of drug-likeness (QED) is 0.795. The maximum Gasteiger partial charge on any atom is 0.294 e. The molecule has 0 heterocycles. The van der Waals surface area contributed by atoms with Gasteiger partial charge in [0.15, 0.2) is 0 Å². The summed E-state index contributed by atoms with van der Waals surface area (Å²) >= 11 is 0. The molecule has 0 saturated heterocycles. The fourth-order valence-electron chi connectivity index (χ4n) is 4.67. The molecular formula is C19H28O4S. The average molecular weight is 352 g/mol. The van der Waals surface area contributed by atoms with Gasteiger partial charge in [0, 0.05) is 0 Å². The topological polar surface area (TPSA) is 74.6 Å². The van der Waals surface area contributed by atoms with E-state index in [2.05, 4.69) is 0 Å². The lowest BCUT2D eigenvalue weighted by molar-refractivity contribution is 0.122. The van der Waals surface area contributed by atoms with Crippen LogP contribution in [0.25, 0.3) is 0 Å². The maximum absolute atomic E-state index is 12.0. The molecule has 0 aliphatic heterocycles. The molecule has 2 aliphatic rings. The van der Waals surface area contributed by atoms with Crippen molar-refractivity contribution in [2.75, 3.05) is 0 Å². The Morgan fingerprint density at radius 3 is 2.04 bits per heavy atom. The van der Waals surface area contributed by atoms with Crippen molar-refractivity contribution < 1.29 is 18.1 Å². The molecule has 1 aromatic carbocycles. The minimum Gasteiger partial charge on any atom is -0.393 e. The molecule has 0 spiro atoms. The van der Waals surface area contributed by atoms with E-state index in [1.165, 1.54) is 6.42 Å². The van der Waals surface area contributed by atoms with E-state index in [9.17, 15) is 18.1 Å². The first-order valence-corrected chi connectivity index (χ1v) is 10.6. The summed E-state index contributed by atoms with van der Waals surface area (Å²) in [5.41, 5.74) is 3.12. The molecule has 24 heavy (non-hydrogen) atoms. The molecule has 1 aromatic rings. The first-order chi connectivity index (χ1) is 11.4. The molecule has 2 fully saturated rings. The van der Waals surface area contributed by atoms with E-state index in [0.717, 1.165) is 68.1 Å². The molecule has 0 unspecified atom stereocenters. The molecule has 0 bridgehead atoms. The fraction of sp³-hybridized carbons (Fsp3) is 0.684. The van der Waals surface area contributed by atoms with Gasteiger partial charge in [0.25, 0.3) is 10.1 Å². The Morgan fingerprint density at radius 2 is 1.46 bits per heavy atom. The van der Waals surface area contributed by atoms with E-state index < -0.39 is 10.1 Å². The number of hydrogen-bond acceptors (Lipinski definition) is 3. The van der Waals surface area contributed by atoms with Crippen molar-refractivity contribution in [3.63, 3.8) is 0 Å². The number of benzene rings is 1. The summed E-state index contributed by atoms with van der Waals surface area (Å²) in [7, 11) is -4.22. The molecule has 2 aliphatic carbocycles. The zero-order valence-electron chi connectivity index (χ0n) is 14.4. The van der Waals surface area contributed by atoms with E-state index in [-0.39, 0.29) is 22.8 Å². The highest BCUT2D eigenvalue weighted by Crippen LogP contribution is 2.44. The second-order valence-corrected chi connectivity index (χ2v) is 8.91. The Bertz CT molecular complexity index is 682. The third-order valence-electron chi connectivity index (χ3n) is 5.86. The summed E-state index contributed by atoms with van der Waals surface area (Å²) < 4.78 is 33.8.